The summed E-state index contributed by atoms with van der Waals surface area (Å²) in [6.45, 7) is 6.40. The zero-order valence-electron chi connectivity index (χ0n) is 23.6. The molecule has 0 bridgehead atoms. The topological polar surface area (TPSA) is 92.3 Å². The van der Waals surface area contributed by atoms with Gasteiger partial charge in [0, 0.05) is 24.2 Å². The minimum Gasteiger partial charge on any atom is -0.492 e. The van der Waals surface area contributed by atoms with Gasteiger partial charge < -0.3 is 34.9 Å². The molecule has 3 aromatic carbocycles. The van der Waals surface area contributed by atoms with Crippen molar-refractivity contribution < 1.29 is 24.1 Å². The Morgan fingerprint density at radius 1 is 1.02 bits per heavy atom. The number of esters is 1. The van der Waals surface area contributed by atoms with Gasteiger partial charge in [-0.05, 0) is 69.8 Å². The Hall–Kier alpha value is -3.30. The number of fused-ring (bicyclic) bond motifs is 1. The molecule has 0 aromatic heterocycles. The van der Waals surface area contributed by atoms with Crippen LogP contribution in [0.3, 0.4) is 0 Å². The fourth-order valence-corrected chi connectivity index (χ4v) is 4.39. The summed E-state index contributed by atoms with van der Waals surface area (Å²) in [6.07, 6.45) is -0.125. The Kier molecular flexibility index (Phi) is 11.2. The molecule has 40 heavy (non-hydrogen) atoms. The Bertz CT molecular complexity index is 1240. The normalized spacial score (nSPS) is 13.5. The SMILES string of the molecule is CN(C)CCOc1ccc(CC(C)(C)NCC(O)c2ccc(OCc3ccccc3)c3c2OC(=O)CN3)cc1.Cl. The summed E-state index contributed by atoms with van der Waals surface area (Å²) in [5.41, 5.74) is 3.01. The third-order valence-electron chi connectivity index (χ3n) is 6.52. The predicted octanol–water partition coefficient (Wildman–Crippen LogP) is 4.60. The fourth-order valence-electron chi connectivity index (χ4n) is 4.39. The Morgan fingerprint density at radius 2 is 1.75 bits per heavy atom. The third-order valence-corrected chi connectivity index (χ3v) is 6.52. The predicted molar refractivity (Wildman–Crippen MR) is 160 cm³/mol. The largest absolute Gasteiger partial charge is 0.492 e. The van der Waals surface area contributed by atoms with E-state index in [0.717, 1.165) is 29.8 Å². The van der Waals surface area contributed by atoms with Gasteiger partial charge in [-0.15, -0.1) is 12.4 Å². The van der Waals surface area contributed by atoms with Crippen molar-refractivity contribution in [3.8, 4) is 17.2 Å². The number of aliphatic hydroxyl groups excluding tert-OH is 1. The maximum absolute atomic E-state index is 12.1. The van der Waals surface area contributed by atoms with Crippen LogP contribution in [-0.4, -0.2) is 61.9 Å². The summed E-state index contributed by atoms with van der Waals surface area (Å²) in [4.78, 5) is 14.2. The number of likely N-dealkylation sites (N-methyl/N-ethyl adjacent to an activating group) is 1. The molecule has 8 nitrogen and oxygen atoms in total. The summed E-state index contributed by atoms with van der Waals surface area (Å²) in [7, 11) is 4.04. The standard InChI is InChI=1S/C31H39N3O5.ClH/c1-31(2,18-22-10-12-24(13-11-22)37-17-16-34(3)4)33-19-26(35)25-14-15-27(29-30(25)39-28(36)20-32-29)38-21-23-8-6-5-7-9-23;/h5-15,26,32-33,35H,16-21H2,1-4H3;1H. The number of hydrogen-bond acceptors (Lipinski definition) is 8. The van der Waals surface area contributed by atoms with E-state index in [2.05, 4.69) is 41.5 Å². The first kappa shape index (κ1) is 31.2. The second kappa shape index (κ2) is 14.4. The first-order valence-corrected chi connectivity index (χ1v) is 13.3. The van der Waals surface area contributed by atoms with Gasteiger partial charge in [0.2, 0.25) is 0 Å². The summed E-state index contributed by atoms with van der Waals surface area (Å²) in [5, 5.41) is 17.7. The van der Waals surface area contributed by atoms with Crippen LogP contribution in [0, 0.1) is 0 Å². The first-order chi connectivity index (χ1) is 18.7. The maximum Gasteiger partial charge on any atom is 0.330 e. The van der Waals surface area contributed by atoms with Crippen LogP contribution < -0.4 is 24.8 Å². The summed E-state index contributed by atoms with van der Waals surface area (Å²) >= 11 is 0. The van der Waals surface area contributed by atoms with Crippen molar-refractivity contribution in [1.29, 1.82) is 0 Å². The van der Waals surface area contributed by atoms with Crippen LogP contribution in [0.1, 0.15) is 36.6 Å². The number of benzene rings is 3. The number of carbonyl (C=O) groups is 1. The molecule has 1 aliphatic rings. The quantitative estimate of drug-likeness (QED) is 0.203. The van der Waals surface area contributed by atoms with Crippen LogP contribution in [0.15, 0.2) is 66.7 Å². The monoisotopic (exact) mass is 569 g/mol. The molecule has 4 rings (SSSR count). The lowest BCUT2D eigenvalue weighted by Gasteiger charge is -2.29. The van der Waals surface area contributed by atoms with Crippen LogP contribution in [-0.2, 0) is 17.8 Å². The van der Waals surface area contributed by atoms with E-state index >= 15 is 0 Å². The van der Waals surface area contributed by atoms with Crippen LogP contribution in [0.25, 0.3) is 0 Å². The molecule has 0 radical (unpaired) electrons. The second-order valence-corrected chi connectivity index (χ2v) is 10.7. The summed E-state index contributed by atoms with van der Waals surface area (Å²) < 4.78 is 17.4. The van der Waals surface area contributed by atoms with Crippen molar-refractivity contribution in [3.05, 3.63) is 83.4 Å². The van der Waals surface area contributed by atoms with Gasteiger partial charge in [0.1, 0.15) is 36.9 Å². The number of β-amino-alcohol motifs (C(OH)–C–C–N with tert-alkyl or cyclic N) is 1. The molecule has 1 heterocycles. The van der Waals surface area contributed by atoms with E-state index in [-0.39, 0.29) is 31.0 Å². The number of nitrogens with one attached hydrogen (secondary N) is 2. The Morgan fingerprint density at radius 3 is 2.45 bits per heavy atom. The first-order valence-electron chi connectivity index (χ1n) is 13.3. The molecule has 3 aromatic rings. The van der Waals surface area contributed by atoms with Crippen molar-refractivity contribution in [2.45, 2.75) is 38.5 Å². The lowest BCUT2D eigenvalue weighted by Crippen LogP contribution is -2.43. The highest BCUT2D eigenvalue weighted by Gasteiger charge is 2.28. The van der Waals surface area contributed by atoms with Crippen LogP contribution in [0.2, 0.25) is 0 Å². The van der Waals surface area contributed by atoms with Gasteiger partial charge in [-0.25, -0.2) is 4.79 Å². The van der Waals surface area contributed by atoms with E-state index in [1.54, 1.807) is 12.1 Å². The highest BCUT2D eigenvalue weighted by molar-refractivity contribution is 5.86. The van der Waals surface area contributed by atoms with E-state index in [9.17, 15) is 9.90 Å². The van der Waals surface area contributed by atoms with Crippen molar-refractivity contribution in [2.75, 3.05) is 45.7 Å². The summed E-state index contributed by atoms with van der Waals surface area (Å²) in [6, 6.07) is 21.5. The highest BCUT2D eigenvalue weighted by atomic mass is 35.5. The van der Waals surface area contributed by atoms with Crippen LogP contribution in [0.4, 0.5) is 5.69 Å². The molecule has 0 saturated heterocycles. The van der Waals surface area contributed by atoms with Gasteiger partial charge >= 0.3 is 5.97 Å². The number of halogens is 1. The van der Waals surface area contributed by atoms with Crippen molar-refractivity contribution in [3.63, 3.8) is 0 Å². The number of hydrogen-bond donors (Lipinski definition) is 3. The minimum atomic E-state index is -0.888. The molecule has 1 atom stereocenters. The highest BCUT2D eigenvalue weighted by Crippen LogP contribution is 2.42. The molecule has 0 saturated carbocycles. The zero-order chi connectivity index (χ0) is 27.8. The van der Waals surface area contributed by atoms with Crippen LogP contribution >= 0.6 is 12.4 Å². The molecular weight excluding hydrogens is 530 g/mol. The Balaban J connectivity index is 0.00000441. The number of ether oxygens (including phenoxy) is 3. The minimum absolute atomic E-state index is 0. The van der Waals surface area contributed by atoms with E-state index in [0.29, 0.717) is 36.0 Å². The molecule has 0 fully saturated rings. The molecule has 0 spiro atoms. The van der Waals surface area contributed by atoms with Gasteiger partial charge in [-0.3, -0.25) is 0 Å². The van der Waals surface area contributed by atoms with E-state index in [4.69, 9.17) is 14.2 Å². The average molecular weight is 570 g/mol. The number of rotatable bonds is 13. The number of carbonyl (C=O) groups excluding carboxylic acids is 1. The van der Waals surface area contributed by atoms with Gasteiger partial charge in [0.25, 0.3) is 0 Å². The number of nitrogens with zero attached hydrogens (tertiary/aromatic N) is 1. The molecule has 9 heteroatoms. The van der Waals surface area contributed by atoms with Crippen LogP contribution in [0.5, 0.6) is 17.2 Å². The van der Waals surface area contributed by atoms with E-state index in [1.807, 2.05) is 56.6 Å². The smallest absolute Gasteiger partial charge is 0.330 e. The molecule has 1 aliphatic heterocycles. The lowest BCUT2D eigenvalue weighted by atomic mass is 9.94. The molecule has 1 unspecified atom stereocenters. The zero-order valence-corrected chi connectivity index (χ0v) is 24.4. The molecule has 0 amide bonds. The van der Waals surface area contributed by atoms with Gasteiger partial charge in [-0.1, -0.05) is 42.5 Å². The molecule has 0 aliphatic carbocycles. The van der Waals surface area contributed by atoms with Gasteiger partial charge in [-0.2, -0.15) is 0 Å². The molecule has 3 N–H and O–H groups in total. The van der Waals surface area contributed by atoms with Crippen molar-refractivity contribution in [1.82, 2.24) is 10.2 Å². The fraction of sp³-hybridized carbons (Fsp3) is 0.387. The number of anilines is 1. The molecule has 216 valence electrons. The third kappa shape index (κ3) is 8.86. The number of aliphatic hydroxyl groups is 1. The van der Waals surface area contributed by atoms with E-state index < -0.39 is 12.1 Å². The van der Waals surface area contributed by atoms with Gasteiger partial charge in [0.15, 0.2) is 5.75 Å². The molecular formula is C31H40ClN3O5. The summed E-state index contributed by atoms with van der Waals surface area (Å²) in [5.74, 6) is 1.33. The lowest BCUT2D eigenvalue weighted by molar-refractivity contribution is -0.132. The average Bonchev–Trinajstić information content (AvgIpc) is 2.91. The maximum atomic E-state index is 12.1. The van der Waals surface area contributed by atoms with Gasteiger partial charge in [0.05, 0.1) is 6.10 Å². The van der Waals surface area contributed by atoms with Crippen molar-refractivity contribution >= 4 is 24.1 Å². The van der Waals surface area contributed by atoms with E-state index in [1.165, 1.54) is 0 Å². The second-order valence-electron chi connectivity index (χ2n) is 10.7. The van der Waals surface area contributed by atoms with Crippen molar-refractivity contribution in [2.24, 2.45) is 0 Å². The Labute approximate surface area is 243 Å².